The van der Waals surface area contributed by atoms with E-state index in [-0.39, 0.29) is 41.7 Å². The quantitative estimate of drug-likeness (QED) is 0.347. The van der Waals surface area contributed by atoms with Crippen LogP contribution < -0.4 is 34.7 Å². The molecule has 1 N–H and O–H groups in total. The number of carboxylic acids is 1. The molecule has 0 spiro atoms. The van der Waals surface area contributed by atoms with Gasteiger partial charge in [-0.15, -0.1) is 0 Å². The Kier molecular flexibility index (Phi) is 6.67. The zero-order chi connectivity index (χ0) is 13.9. The average molecular weight is 296 g/mol. The maximum Gasteiger partial charge on any atom is 1.00 e. The molecule has 0 aliphatic rings. The fourth-order valence-electron chi connectivity index (χ4n) is 1.25. The van der Waals surface area contributed by atoms with Gasteiger partial charge in [0.1, 0.15) is 4.90 Å². The summed E-state index contributed by atoms with van der Waals surface area (Å²) in [6.07, 6.45) is 0. The van der Waals surface area contributed by atoms with Gasteiger partial charge in [-0.1, -0.05) is 6.07 Å². The first-order valence-electron chi connectivity index (χ1n) is 4.77. The largest absolute Gasteiger partial charge is 1.00 e. The summed E-state index contributed by atoms with van der Waals surface area (Å²) < 4.78 is 35.5. The van der Waals surface area contributed by atoms with E-state index >= 15 is 0 Å². The molecule has 0 saturated carbocycles. The first-order valence-corrected chi connectivity index (χ1v) is 6.21. The monoisotopic (exact) mass is 296 g/mol. The Hall–Kier alpha value is -0.930. The van der Waals surface area contributed by atoms with E-state index in [2.05, 4.69) is 4.74 Å². The number of ether oxygens (including phenoxy) is 1. The van der Waals surface area contributed by atoms with Gasteiger partial charge in [0.25, 0.3) is 10.1 Å². The van der Waals surface area contributed by atoms with E-state index in [1.807, 2.05) is 0 Å². The summed E-state index contributed by atoms with van der Waals surface area (Å²) in [7, 11) is -4.78. The molecule has 0 atom stereocenters. The summed E-state index contributed by atoms with van der Waals surface area (Å²) in [6, 6.07) is 2.64. The van der Waals surface area contributed by atoms with Crippen LogP contribution in [0.1, 0.15) is 27.6 Å². The van der Waals surface area contributed by atoms with Crippen molar-refractivity contribution >= 4 is 22.1 Å². The maximum absolute atomic E-state index is 11.3. The molecule has 0 radical (unpaired) electrons. The van der Waals surface area contributed by atoms with Crippen molar-refractivity contribution in [3.8, 4) is 0 Å². The molecule has 0 aromatic heterocycles. The molecule has 0 unspecified atom stereocenters. The molecule has 0 amide bonds. The summed E-state index contributed by atoms with van der Waals surface area (Å²) in [5.41, 5.74) is -0.917. The molecule has 0 fully saturated rings. The Morgan fingerprint density at radius 3 is 2.37 bits per heavy atom. The van der Waals surface area contributed by atoms with Crippen LogP contribution in [0.3, 0.4) is 0 Å². The van der Waals surface area contributed by atoms with Crippen molar-refractivity contribution in [1.29, 1.82) is 0 Å². The van der Waals surface area contributed by atoms with E-state index in [4.69, 9.17) is 4.55 Å². The van der Waals surface area contributed by atoms with Crippen LogP contribution >= 0.6 is 0 Å². The minimum absolute atomic E-state index is 0. The van der Waals surface area contributed by atoms with Gasteiger partial charge in [0, 0.05) is 5.56 Å². The van der Waals surface area contributed by atoms with Crippen LogP contribution in [0.4, 0.5) is 0 Å². The molecule has 9 heteroatoms. The third kappa shape index (κ3) is 4.59. The van der Waals surface area contributed by atoms with E-state index in [1.54, 1.807) is 6.92 Å². The summed E-state index contributed by atoms with van der Waals surface area (Å²) in [4.78, 5) is 21.1. The number of hydrogen-bond donors (Lipinski definition) is 1. The van der Waals surface area contributed by atoms with E-state index < -0.39 is 32.5 Å². The molecule has 1 aromatic rings. The first kappa shape index (κ1) is 18.1. The van der Waals surface area contributed by atoms with Gasteiger partial charge in [0.15, 0.2) is 0 Å². The maximum atomic E-state index is 11.3. The molecule has 98 valence electrons. The van der Waals surface area contributed by atoms with Crippen LogP contribution in [0, 0.1) is 0 Å². The van der Waals surface area contributed by atoms with Gasteiger partial charge in [-0.25, -0.2) is 4.79 Å². The van der Waals surface area contributed by atoms with Gasteiger partial charge in [0.05, 0.1) is 18.1 Å². The van der Waals surface area contributed by atoms with Crippen molar-refractivity contribution in [1.82, 2.24) is 0 Å². The van der Waals surface area contributed by atoms with Crippen LogP contribution in [0.5, 0.6) is 0 Å². The van der Waals surface area contributed by atoms with Crippen LogP contribution in [0.2, 0.25) is 0 Å². The summed E-state index contributed by atoms with van der Waals surface area (Å²) >= 11 is 0. The van der Waals surface area contributed by atoms with Gasteiger partial charge in [-0.05, 0) is 19.1 Å². The van der Waals surface area contributed by atoms with E-state index in [9.17, 15) is 23.1 Å². The minimum atomic E-state index is -4.78. The van der Waals surface area contributed by atoms with Gasteiger partial charge in [0.2, 0.25) is 0 Å². The molecule has 1 aromatic carbocycles. The summed E-state index contributed by atoms with van der Waals surface area (Å²) in [6.45, 7) is 1.62. The summed E-state index contributed by atoms with van der Waals surface area (Å²) in [5.74, 6) is -2.61. The fourth-order valence-corrected chi connectivity index (χ4v) is 1.95. The Balaban J connectivity index is 0.00000324. The molecule has 0 bridgehead atoms. The van der Waals surface area contributed by atoms with Gasteiger partial charge >= 0.3 is 35.5 Å². The SMILES string of the molecule is CCOC(=O)c1ccc(C(=O)[O-])c(S(=O)(=O)O)c1.[Na+]. The van der Waals surface area contributed by atoms with E-state index in [0.717, 1.165) is 18.2 Å². The number of aromatic carboxylic acids is 1. The van der Waals surface area contributed by atoms with Crippen molar-refractivity contribution in [3.63, 3.8) is 0 Å². The van der Waals surface area contributed by atoms with Crippen LogP contribution in [0.15, 0.2) is 23.1 Å². The standard InChI is InChI=1S/C10H10O7S.Na/c1-2-17-10(13)6-3-4-7(9(11)12)8(5-6)18(14,15)16;/h3-5H,2H2,1H3,(H,11,12)(H,14,15,16);/q;+1/p-1. The third-order valence-corrected chi connectivity index (χ3v) is 2.88. The van der Waals surface area contributed by atoms with Crippen molar-refractivity contribution in [3.05, 3.63) is 29.3 Å². The number of carbonyl (C=O) groups is 2. The molecule has 0 heterocycles. The number of benzene rings is 1. The zero-order valence-electron chi connectivity index (χ0n) is 10.2. The minimum Gasteiger partial charge on any atom is -0.545 e. The second-order valence-electron chi connectivity index (χ2n) is 3.19. The Bertz CT molecular complexity index is 594. The zero-order valence-corrected chi connectivity index (χ0v) is 13.1. The van der Waals surface area contributed by atoms with Crippen molar-refractivity contribution in [2.24, 2.45) is 0 Å². The van der Waals surface area contributed by atoms with Crippen LogP contribution in [-0.4, -0.2) is 31.5 Å². The van der Waals surface area contributed by atoms with Crippen molar-refractivity contribution < 1.29 is 62.0 Å². The van der Waals surface area contributed by atoms with Crippen molar-refractivity contribution in [2.45, 2.75) is 11.8 Å². The van der Waals surface area contributed by atoms with Crippen molar-refractivity contribution in [2.75, 3.05) is 6.61 Å². The predicted octanol–water partition coefficient (Wildman–Crippen LogP) is -3.52. The van der Waals surface area contributed by atoms with Crippen LogP contribution in [-0.2, 0) is 14.9 Å². The normalized spacial score (nSPS) is 10.4. The summed E-state index contributed by atoms with van der Waals surface area (Å²) in [5, 5.41) is 10.7. The molecular weight excluding hydrogens is 287 g/mol. The third-order valence-electron chi connectivity index (χ3n) is 1.99. The Labute approximate surface area is 131 Å². The molecule has 0 saturated heterocycles. The first-order chi connectivity index (χ1) is 8.27. The number of carboxylic acid groups (broad SMARTS) is 1. The molecule has 1 rings (SSSR count). The Morgan fingerprint density at radius 1 is 1.37 bits per heavy atom. The number of esters is 1. The molecule has 0 aliphatic carbocycles. The Morgan fingerprint density at radius 2 is 1.95 bits per heavy atom. The number of rotatable bonds is 4. The molecule has 0 aliphatic heterocycles. The molecular formula is C10H9NaO7S. The number of hydrogen-bond acceptors (Lipinski definition) is 6. The second kappa shape index (κ2) is 7.01. The van der Waals surface area contributed by atoms with E-state index in [1.165, 1.54) is 0 Å². The number of carbonyl (C=O) groups excluding carboxylic acids is 2. The van der Waals surface area contributed by atoms with E-state index in [0.29, 0.717) is 0 Å². The van der Waals surface area contributed by atoms with Gasteiger partial charge in [-0.2, -0.15) is 8.42 Å². The van der Waals surface area contributed by atoms with Gasteiger partial charge < -0.3 is 14.6 Å². The molecule has 19 heavy (non-hydrogen) atoms. The smallest absolute Gasteiger partial charge is 0.545 e. The second-order valence-corrected chi connectivity index (χ2v) is 4.58. The average Bonchev–Trinajstić information content (AvgIpc) is 2.27. The topological polar surface area (TPSA) is 121 Å². The molecule has 7 nitrogen and oxygen atoms in total. The van der Waals surface area contributed by atoms with Gasteiger partial charge in [-0.3, -0.25) is 4.55 Å². The predicted molar refractivity (Wildman–Crippen MR) is 56.5 cm³/mol. The fraction of sp³-hybridized carbons (Fsp3) is 0.200. The van der Waals surface area contributed by atoms with Crippen LogP contribution in [0.25, 0.3) is 0 Å².